The largest absolute Gasteiger partial charge is 0.313 e. The predicted molar refractivity (Wildman–Crippen MR) is 89.6 cm³/mol. The van der Waals surface area contributed by atoms with Crippen molar-refractivity contribution in [1.29, 1.82) is 0 Å². The first-order valence-electron chi connectivity index (χ1n) is 6.79. The summed E-state index contributed by atoms with van der Waals surface area (Å²) in [5.41, 5.74) is 2.96. The zero-order valence-electron chi connectivity index (χ0n) is 12.3. The Bertz CT molecular complexity index is 617. The molecule has 0 amide bonds. The van der Waals surface area contributed by atoms with Gasteiger partial charge in [-0.3, -0.25) is 4.68 Å². The number of hydrogen-bond acceptors (Lipinski definition) is 2. The molecule has 1 aromatic heterocycles. The van der Waals surface area contributed by atoms with Crippen molar-refractivity contribution in [2.45, 2.75) is 25.8 Å². The smallest absolute Gasteiger partial charge is 0.0850 e. The van der Waals surface area contributed by atoms with Gasteiger partial charge in [-0.2, -0.15) is 5.10 Å². The lowest BCUT2D eigenvalue weighted by molar-refractivity contribution is 0.561. The van der Waals surface area contributed by atoms with Crippen LogP contribution in [0.1, 0.15) is 29.9 Å². The van der Waals surface area contributed by atoms with Crippen LogP contribution in [-0.4, -0.2) is 16.8 Å². The molecule has 21 heavy (non-hydrogen) atoms. The molecule has 0 aliphatic carbocycles. The summed E-state index contributed by atoms with van der Waals surface area (Å²) in [6.07, 6.45) is 1.54. The Hall–Kier alpha value is -0.740. The van der Waals surface area contributed by atoms with E-state index in [0.717, 1.165) is 34.8 Å². The van der Waals surface area contributed by atoms with Crippen molar-refractivity contribution in [3.05, 3.63) is 50.2 Å². The van der Waals surface area contributed by atoms with Crippen molar-refractivity contribution in [2.24, 2.45) is 7.05 Å². The summed E-state index contributed by atoms with van der Waals surface area (Å²) >= 11 is 18.6. The van der Waals surface area contributed by atoms with Crippen molar-refractivity contribution < 1.29 is 0 Å². The van der Waals surface area contributed by atoms with E-state index in [-0.39, 0.29) is 6.04 Å². The molecule has 6 heteroatoms. The maximum absolute atomic E-state index is 6.42. The van der Waals surface area contributed by atoms with E-state index in [1.807, 2.05) is 37.8 Å². The zero-order chi connectivity index (χ0) is 15.6. The molecular formula is C15H18Cl3N3. The first kappa shape index (κ1) is 16.6. The lowest BCUT2D eigenvalue weighted by atomic mass is 10.0. The summed E-state index contributed by atoms with van der Waals surface area (Å²) < 4.78 is 1.84. The maximum Gasteiger partial charge on any atom is 0.0850 e. The minimum atomic E-state index is 0.0683. The molecule has 114 valence electrons. The molecule has 0 radical (unpaired) electrons. The van der Waals surface area contributed by atoms with Gasteiger partial charge in [-0.1, -0.05) is 41.7 Å². The zero-order valence-corrected chi connectivity index (χ0v) is 14.5. The van der Waals surface area contributed by atoms with Crippen LogP contribution in [0.5, 0.6) is 0 Å². The van der Waals surface area contributed by atoms with E-state index >= 15 is 0 Å². The van der Waals surface area contributed by atoms with Gasteiger partial charge in [0.05, 0.1) is 16.4 Å². The maximum atomic E-state index is 6.42. The number of aromatic nitrogens is 2. The second kappa shape index (κ2) is 7.01. The minimum Gasteiger partial charge on any atom is -0.313 e. The summed E-state index contributed by atoms with van der Waals surface area (Å²) in [6.45, 7) is 2.05. The van der Waals surface area contributed by atoms with Crippen LogP contribution in [0.2, 0.25) is 15.1 Å². The molecular weight excluding hydrogens is 329 g/mol. The highest BCUT2D eigenvalue weighted by molar-refractivity contribution is 6.34. The fourth-order valence-corrected chi connectivity index (χ4v) is 3.31. The third-order valence-corrected chi connectivity index (χ3v) is 4.41. The number of hydrogen-bond donors (Lipinski definition) is 1. The van der Waals surface area contributed by atoms with Gasteiger partial charge in [0.2, 0.25) is 0 Å². The van der Waals surface area contributed by atoms with E-state index in [1.165, 1.54) is 0 Å². The predicted octanol–water partition coefficient (Wildman–Crippen LogP) is 4.45. The first-order chi connectivity index (χ1) is 9.96. The topological polar surface area (TPSA) is 29.9 Å². The molecule has 1 heterocycles. The second-order valence-corrected chi connectivity index (χ2v) is 6.18. The van der Waals surface area contributed by atoms with Crippen LogP contribution in [0.3, 0.4) is 0 Å². The summed E-state index contributed by atoms with van der Waals surface area (Å²) in [6, 6.07) is 5.63. The average Bonchev–Trinajstić information content (AvgIpc) is 2.70. The van der Waals surface area contributed by atoms with Crippen molar-refractivity contribution in [3.63, 3.8) is 0 Å². The fourth-order valence-electron chi connectivity index (χ4n) is 2.40. The van der Waals surface area contributed by atoms with Crippen LogP contribution in [-0.2, 0) is 19.9 Å². The Morgan fingerprint density at radius 1 is 1.19 bits per heavy atom. The number of aryl methyl sites for hydroxylation is 2. The van der Waals surface area contributed by atoms with Crippen LogP contribution < -0.4 is 5.32 Å². The van der Waals surface area contributed by atoms with Gasteiger partial charge in [-0.05, 0) is 37.2 Å². The quantitative estimate of drug-likeness (QED) is 0.867. The number of benzene rings is 1. The normalized spacial score (nSPS) is 12.7. The number of halogens is 3. The van der Waals surface area contributed by atoms with Gasteiger partial charge < -0.3 is 5.32 Å². The van der Waals surface area contributed by atoms with E-state index in [0.29, 0.717) is 10.0 Å². The Morgan fingerprint density at radius 2 is 1.81 bits per heavy atom. The highest BCUT2D eigenvalue weighted by Crippen LogP contribution is 2.29. The highest BCUT2D eigenvalue weighted by Gasteiger charge is 2.19. The number of rotatable bonds is 5. The third-order valence-electron chi connectivity index (χ3n) is 3.54. The van der Waals surface area contributed by atoms with Crippen molar-refractivity contribution >= 4 is 34.8 Å². The fraction of sp³-hybridized carbons (Fsp3) is 0.400. The van der Waals surface area contributed by atoms with Gasteiger partial charge in [0, 0.05) is 29.6 Å². The molecule has 1 unspecified atom stereocenters. The van der Waals surface area contributed by atoms with Gasteiger partial charge in [-0.15, -0.1) is 0 Å². The third kappa shape index (κ3) is 3.72. The number of nitrogens with one attached hydrogen (secondary N) is 1. The van der Waals surface area contributed by atoms with Crippen molar-refractivity contribution in [1.82, 2.24) is 15.1 Å². The molecule has 0 fully saturated rings. The van der Waals surface area contributed by atoms with E-state index in [9.17, 15) is 0 Å². The van der Waals surface area contributed by atoms with Crippen LogP contribution >= 0.6 is 34.8 Å². The molecule has 0 spiro atoms. The molecule has 0 saturated carbocycles. The second-order valence-electron chi connectivity index (χ2n) is 4.93. The molecule has 1 aromatic carbocycles. The van der Waals surface area contributed by atoms with Gasteiger partial charge in [-0.25, -0.2) is 0 Å². The van der Waals surface area contributed by atoms with Crippen LogP contribution in [0.15, 0.2) is 18.2 Å². The summed E-state index contributed by atoms with van der Waals surface area (Å²) in [4.78, 5) is 0. The van der Waals surface area contributed by atoms with Gasteiger partial charge >= 0.3 is 0 Å². The molecule has 0 saturated heterocycles. The Balaban J connectivity index is 2.33. The van der Waals surface area contributed by atoms with E-state index in [2.05, 4.69) is 10.4 Å². The van der Waals surface area contributed by atoms with Gasteiger partial charge in [0.25, 0.3) is 0 Å². The van der Waals surface area contributed by atoms with Gasteiger partial charge in [0.15, 0.2) is 0 Å². The molecule has 1 atom stereocenters. The van der Waals surface area contributed by atoms with Crippen LogP contribution in [0.4, 0.5) is 0 Å². The Morgan fingerprint density at radius 3 is 2.29 bits per heavy atom. The molecule has 0 aliphatic rings. The molecule has 1 N–H and O–H groups in total. The first-order valence-corrected chi connectivity index (χ1v) is 7.93. The van der Waals surface area contributed by atoms with Gasteiger partial charge in [0.1, 0.15) is 0 Å². The Labute approximate surface area is 140 Å². The minimum absolute atomic E-state index is 0.0683. The summed E-state index contributed by atoms with van der Waals surface area (Å²) in [5, 5.41) is 9.74. The van der Waals surface area contributed by atoms with E-state index in [4.69, 9.17) is 34.8 Å². The van der Waals surface area contributed by atoms with Crippen LogP contribution in [0, 0.1) is 0 Å². The standard InChI is InChI=1S/C15H18Cl3N3/c1-4-12-15(18)14(21(3)20-12)8-13(19-2)9-5-10(16)7-11(17)6-9/h5-7,13,19H,4,8H2,1-3H3. The van der Waals surface area contributed by atoms with E-state index in [1.54, 1.807) is 6.07 Å². The molecule has 2 rings (SSSR count). The summed E-state index contributed by atoms with van der Waals surface area (Å²) in [7, 11) is 3.82. The SMILES string of the molecule is CCc1nn(C)c(CC(NC)c2cc(Cl)cc(Cl)c2)c1Cl. The lowest BCUT2D eigenvalue weighted by Gasteiger charge is -2.18. The van der Waals surface area contributed by atoms with E-state index < -0.39 is 0 Å². The lowest BCUT2D eigenvalue weighted by Crippen LogP contribution is -2.20. The molecule has 0 bridgehead atoms. The molecule has 0 aliphatic heterocycles. The average molecular weight is 347 g/mol. The Kier molecular flexibility index (Phi) is 5.55. The van der Waals surface area contributed by atoms with Crippen molar-refractivity contribution in [2.75, 3.05) is 7.05 Å². The molecule has 2 aromatic rings. The van der Waals surface area contributed by atoms with Crippen molar-refractivity contribution in [3.8, 4) is 0 Å². The monoisotopic (exact) mass is 345 g/mol. The highest BCUT2D eigenvalue weighted by atomic mass is 35.5. The number of nitrogens with zero attached hydrogens (tertiary/aromatic N) is 2. The summed E-state index contributed by atoms with van der Waals surface area (Å²) in [5.74, 6) is 0. The number of likely N-dealkylation sites (N-methyl/N-ethyl adjacent to an activating group) is 1. The molecule has 3 nitrogen and oxygen atoms in total. The van der Waals surface area contributed by atoms with Crippen LogP contribution in [0.25, 0.3) is 0 Å².